The monoisotopic (exact) mass is 326 g/mol. The molecule has 0 spiro atoms. The van der Waals surface area contributed by atoms with E-state index in [2.05, 4.69) is 10.6 Å². The van der Waals surface area contributed by atoms with Crippen molar-refractivity contribution >= 4 is 6.03 Å². The maximum atomic E-state index is 13.1. The standard InChI is InChI=1S/C17H24F2N2O2/c1-11(2-3-12-4-9-15(18)16(19)10-12)20-17(23)21-13-5-7-14(22)8-6-13/h4,9-11,13-14,22H,2-3,5-8H2,1H3,(H2,20,21,23). The van der Waals surface area contributed by atoms with Crippen LogP contribution in [0.3, 0.4) is 0 Å². The molecule has 0 radical (unpaired) electrons. The number of nitrogens with one attached hydrogen (secondary N) is 2. The molecule has 2 amide bonds. The summed E-state index contributed by atoms with van der Waals surface area (Å²) in [4.78, 5) is 11.9. The fourth-order valence-electron chi connectivity index (χ4n) is 2.82. The first-order valence-electron chi connectivity index (χ1n) is 8.13. The zero-order valence-corrected chi connectivity index (χ0v) is 13.3. The van der Waals surface area contributed by atoms with Crippen LogP contribution in [0, 0.1) is 11.6 Å². The van der Waals surface area contributed by atoms with Crippen molar-refractivity contribution in [3.8, 4) is 0 Å². The lowest BCUT2D eigenvalue weighted by molar-refractivity contribution is 0.117. The Labute approximate surface area is 135 Å². The Morgan fingerprint density at radius 1 is 1.26 bits per heavy atom. The lowest BCUT2D eigenvalue weighted by atomic mass is 9.93. The van der Waals surface area contributed by atoms with Gasteiger partial charge in [-0.25, -0.2) is 13.6 Å². The Morgan fingerprint density at radius 3 is 2.61 bits per heavy atom. The van der Waals surface area contributed by atoms with Crippen LogP contribution in [0.15, 0.2) is 18.2 Å². The number of aryl methyl sites for hydroxylation is 1. The third-order valence-electron chi connectivity index (χ3n) is 4.26. The van der Waals surface area contributed by atoms with Crippen LogP contribution in [-0.2, 0) is 6.42 Å². The number of carbonyl (C=O) groups excluding carboxylic acids is 1. The van der Waals surface area contributed by atoms with Gasteiger partial charge in [0.25, 0.3) is 0 Å². The van der Waals surface area contributed by atoms with Gasteiger partial charge in [-0.2, -0.15) is 0 Å². The number of aliphatic hydroxyl groups is 1. The highest BCUT2D eigenvalue weighted by Gasteiger charge is 2.21. The molecule has 1 atom stereocenters. The minimum absolute atomic E-state index is 0.0719. The number of benzene rings is 1. The molecule has 0 bridgehead atoms. The molecule has 4 nitrogen and oxygen atoms in total. The van der Waals surface area contributed by atoms with Crippen LogP contribution in [0.1, 0.15) is 44.6 Å². The van der Waals surface area contributed by atoms with E-state index in [0.29, 0.717) is 18.4 Å². The highest BCUT2D eigenvalue weighted by atomic mass is 19.2. The molecule has 1 aromatic carbocycles. The molecular formula is C17H24F2N2O2. The molecule has 0 aliphatic heterocycles. The molecular weight excluding hydrogens is 302 g/mol. The maximum absolute atomic E-state index is 13.1. The molecule has 6 heteroatoms. The summed E-state index contributed by atoms with van der Waals surface area (Å²) in [5.74, 6) is -1.70. The highest BCUT2D eigenvalue weighted by molar-refractivity contribution is 5.74. The molecule has 1 fully saturated rings. The summed E-state index contributed by atoms with van der Waals surface area (Å²) >= 11 is 0. The van der Waals surface area contributed by atoms with Crippen molar-refractivity contribution in [2.75, 3.05) is 0 Å². The molecule has 1 unspecified atom stereocenters. The fraction of sp³-hybridized carbons (Fsp3) is 0.588. The highest BCUT2D eigenvalue weighted by Crippen LogP contribution is 2.18. The van der Waals surface area contributed by atoms with Gasteiger partial charge >= 0.3 is 6.03 Å². The van der Waals surface area contributed by atoms with E-state index in [4.69, 9.17) is 0 Å². The molecule has 0 heterocycles. The summed E-state index contributed by atoms with van der Waals surface area (Å²) in [5.41, 5.74) is 0.708. The summed E-state index contributed by atoms with van der Waals surface area (Å²) in [6.45, 7) is 1.88. The topological polar surface area (TPSA) is 61.4 Å². The van der Waals surface area contributed by atoms with Crippen molar-refractivity contribution in [1.82, 2.24) is 10.6 Å². The van der Waals surface area contributed by atoms with Gasteiger partial charge in [-0.05, 0) is 63.1 Å². The molecule has 1 saturated carbocycles. The lowest BCUT2D eigenvalue weighted by Crippen LogP contribution is -2.46. The number of halogens is 2. The number of hydrogen-bond acceptors (Lipinski definition) is 2. The summed E-state index contributed by atoms with van der Waals surface area (Å²) in [6.07, 6.45) is 3.98. The number of urea groups is 1. The second-order valence-corrected chi connectivity index (χ2v) is 6.31. The first-order chi connectivity index (χ1) is 10.9. The van der Waals surface area contributed by atoms with Gasteiger partial charge in [0, 0.05) is 12.1 Å². The predicted molar refractivity (Wildman–Crippen MR) is 84.1 cm³/mol. The van der Waals surface area contributed by atoms with Crippen molar-refractivity contribution in [2.45, 2.75) is 63.6 Å². The predicted octanol–water partition coefficient (Wildman–Crippen LogP) is 2.89. The normalized spacial score (nSPS) is 22.4. The van der Waals surface area contributed by atoms with Gasteiger partial charge in [0.2, 0.25) is 0 Å². The van der Waals surface area contributed by atoms with E-state index in [1.165, 1.54) is 6.07 Å². The van der Waals surface area contributed by atoms with E-state index in [1.807, 2.05) is 6.92 Å². The third-order valence-corrected chi connectivity index (χ3v) is 4.26. The van der Waals surface area contributed by atoms with E-state index in [0.717, 1.165) is 31.7 Å². The smallest absolute Gasteiger partial charge is 0.315 e. The number of aliphatic hydroxyl groups excluding tert-OH is 1. The first kappa shape index (κ1) is 17.7. The van der Waals surface area contributed by atoms with E-state index in [1.54, 1.807) is 6.07 Å². The Bertz CT molecular complexity index is 531. The van der Waals surface area contributed by atoms with E-state index < -0.39 is 11.6 Å². The lowest BCUT2D eigenvalue weighted by Gasteiger charge is -2.27. The Hall–Kier alpha value is -1.69. The van der Waals surface area contributed by atoms with Crippen LogP contribution in [0.25, 0.3) is 0 Å². The average Bonchev–Trinajstić information content (AvgIpc) is 2.51. The zero-order chi connectivity index (χ0) is 16.8. The number of carbonyl (C=O) groups is 1. The number of hydrogen-bond donors (Lipinski definition) is 3. The molecule has 0 aromatic heterocycles. The van der Waals surface area contributed by atoms with Gasteiger partial charge in [-0.3, -0.25) is 0 Å². The Morgan fingerprint density at radius 2 is 1.96 bits per heavy atom. The van der Waals surface area contributed by atoms with E-state index >= 15 is 0 Å². The van der Waals surface area contributed by atoms with Gasteiger partial charge in [0.1, 0.15) is 0 Å². The molecule has 2 rings (SSSR count). The second kappa shape index (κ2) is 8.24. The van der Waals surface area contributed by atoms with Crippen molar-refractivity contribution < 1.29 is 18.7 Å². The van der Waals surface area contributed by atoms with E-state index in [-0.39, 0.29) is 24.2 Å². The first-order valence-corrected chi connectivity index (χ1v) is 8.13. The zero-order valence-electron chi connectivity index (χ0n) is 13.3. The SMILES string of the molecule is CC(CCc1ccc(F)c(F)c1)NC(=O)NC1CCC(O)CC1. The Balaban J connectivity index is 1.70. The molecule has 3 N–H and O–H groups in total. The van der Waals surface area contributed by atoms with Crippen LogP contribution < -0.4 is 10.6 Å². The van der Waals surface area contributed by atoms with Crippen LogP contribution in [-0.4, -0.2) is 29.3 Å². The molecule has 1 aromatic rings. The van der Waals surface area contributed by atoms with Crippen molar-refractivity contribution in [3.63, 3.8) is 0 Å². The van der Waals surface area contributed by atoms with Crippen molar-refractivity contribution in [2.24, 2.45) is 0 Å². The average molecular weight is 326 g/mol. The molecule has 1 aliphatic rings. The van der Waals surface area contributed by atoms with Crippen LogP contribution >= 0.6 is 0 Å². The van der Waals surface area contributed by atoms with E-state index in [9.17, 15) is 18.7 Å². The molecule has 1 aliphatic carbocycles. The summed E-state index contributed by atoms with van der Waals surface area (Å²) in [7, 11) is 0. The second-order valence-electron chi connectivity index (χ2n) is 6.31. The quantitative estimate of drug-likeness (QED) is 0.779. The molecule has 128 valence electrons. The molecule has 23 heavy (non-hydrogen) atoms. The third kappa shape index (κ3) is 5.78. The van der Waals surface area contributed by atoms with Gasteiger partial charge in [-0.15, -0.1) is 0 Å². The summed E-state index contributed by atoms with van der Waals surface area (Å²) < 4.78 is 26.0. The Kier molecular flexibility index (Phi) is 6.33. The maximum Gasteiger partial charge on any atom is 0.315 e. The van der Waals surface area contributed by atoms with Crippen LogP contribution in [0.4, 0.5) is 13.6 Å². The van der Waals surface area contributed by atoms with Gasteiger partial charge in [-0.1, -0.05) is 6.07 Å². The summed E-state index contributed by atoms with van der Waals surface area (Å²) in [5, 5.41) is 15.2. The minimum atomic E-state index is -0.850. The summed E-state index contributed by atoms with van der Waals surface area (Å²) in [6, 6.07) is 3.68. The largest absolute Gasteiger partial charge is 0.393 e. The van der Waals surface area contributed by atoms with Gasteiger partial charge in [0.15, 0.2) is 11.6 Å². The van der Waals surface area contributed by atoms with Crippen molar-refractivity contribution in [3.05, 3.63) is 35.4 Å². The van der Waals surface area contributed by atoms with Crippen LogP contribution in [0.2, 0.25) is 0 Å². The van der Waals surface area contributed by atoms with Crippen LogP contribution in [0.5, 0.6) is 0 Å². The van der Waals surface area contributed by atoms with Gasteiger partial charge < -0.3 is 15.7 Å². The number of amides is 2. The van der Waals surface area contributed by atoms with Crippen molar-refractivity contribution in [1.29, 1.82) is 0 Å². The van der Waals surface area contributed by atoms with Gasteiger partial charge in [0.05, 0.1) is 6.10 Å². The fourth-order valence-corrected chi connectivity index (χ4v) is 2.82. The number of rotatable bonds is 5. The minimum Gasteiger partial charge on any atom is -0.393 e. The molecule has 0 saturated heterocycles.